The number of nitrogens with one attached hydrogen (secondary N) is 1. The highest BCUT2D eigenvalue weighted by Crippen LogP contribution is 2.22. The second-order valence-electron chi connectivity index (χ2n) is 5.87. The number of ether oxygens (including phenoxy) is 1. The Bertz CT molecular complexity index is 985. The van der Waals surface area contributed by atoms with E-state index < -0.39 is 45.4 Å². The summed E-state index contributed by atoms with van der Waals surface area (Å²) in [4.78, 5) is 33.9. The number of esters is 1. The smallest absolute Gasteiger partial charge is 0.307 e. The van der Waals surface area contributed by atoms with Gasteiger partial charge in [0.1, 0.15) is 5.69 Å². The SMILES string of the molecule is Cc1ccc(S(=O)(=O)CCC(=O)OCC(=O)Nc2ccccc2[N+](=O)[O-])cc1. The van der Waals surface area contributed by atoms with Crippen molar-refractivity contribution in [3.8, 4) is 0 Å². The van der Waals surface area contributed by atoms with E-state index in [1.165, 1.54) is 36.4 Å². The maximum atomic E-state index is 12.2. The predicted octanol–water partition coefficient (Wildman–Crippen LogP) is 2.25. The molecular formula is C18H18N2O7S. The molecule has 9 nitrogen and oxygen atoms in total. The maximum Gasteiger partial charge on any atom is 0.307 e. The van der Waals surface area contributed by atoms with Crippen molar-refractivity contribution in [1.82, 2.24) is 0 Å². The lowest BCUT2D eigenvalue weighted by Gasteiger charge is -2.08. The lowest BCUT2D eigenvalue weighted by Crippen LogP contribution is -2.22. The van der Waals surface area contributed by atoms with Crippen LogP contribution < -0.4 is 5.32 Å². The van der Waals surface area contributed by atoms with Crippen molar-refractivity contribution in [2.24, 2.45) is 0 Å². The van der Waals surface area contributed by atoms with Gasteiger partial charge >= 0.3 is 5.97 Å². The molecule has 0 aliphatic carbocycles. The van der Waals surface area contributed by atoms with Crippen molar-refractivity contribution < 1.29 is 27.7 Å². The van der Waals surface area contributed by atoms with Gasteiger partial charge in [-0.3, -0.25) is 19.7 Å². The zero-order chi connectivity index (χ0) is 20.7. The molecule has 0 aliphatic rings. The zero-order valence-corrected chi connectivity index (χ0v) is 15.8. The molecule has 0 saturated heterocycles. The van der Waals surface area contributed by atoms with Crippen molar-refractivity contribution >= 4 is 33.1 Å². The van der Waals surface area contributed by atoms with Crippen LogP contribution in [0.4, 0.5) is 11.4 Å². The van der Waals surface area contributed by atoms with Crippen LogP contribution in [0.1, 0.15) is 12.0 Å². The fraction of sp³-hybridized carbons (Fsp3) is 0.222. The highest BCUT2D eigenvalue weighted by molar-refractivity contribution is 7.91. The van der Waals surface area contributed by atoms with Crippen LogP contribution >= 0.6 is 0 Å². The van der Waals surface area contributed by atoms with Gasteiger partial charge in [-0.15, -0.1) is 0 Å². The van der Waals surface area contributed by atoms with Crippen LogP contribution in [0.25, 0.3) is 0 Å². The molecule has 0 aliphatic heterocycles. The molecule has 0 spiro atoms. The third-order valence-electron chi connectivity index (χ3n) is 3.69. The minimum Gasteiger partial charge on any atom is -0.456 e. The van der Waals surface area contributed by atoms with Gasteiger partial charge < -0.3 is 10.1 Å². The van der Waals surface area contributed by atoms with Crippen molar-refractivity contribution in [2.45, 2.75) is 18.2 Å². The average Bonchev–Trinajstić information content (AvgIpc) is 2.65. The summed E-state index contributed by atoms with van der Waals surface area (Å²) < 4.78 is 29.1. The summed E-state index contributed by atoms with van der Waals surface area (Å²) in [6.07, 6.45) is -0.422. The van der Waals surface area contributed by atoms with Crippen molar-refractivity contribution in [3.63, 3.8) is 0 Å². The van der Waals surface area contributed by atoms with E-state index in [1.807, 2.05) is 6.92 Å². The van der Waals surface area contributed by atoms with Crippen LogP contribution in [0.3, 0.4) is 0 Å². The summed E-state index contributed by atoms with van der Waals surface area (Å²) in [6.45, 7) is 1.14. The van der Waals surface area contributed by atoms with Gasteiger partial charge in [0.15, 0.2) is 16.4 Å². The Morgan fingerprint density at radius 2 is 1.75 bits per heavy atom. The number of rotatable bonds is 8. The van der Waals surface area contributed by atoms with Crippen LogP contribution in [0.15, 0.2) is 53.4 Å². The molecule has 0 saturated carbocycles. The first-order valence-electron chi connectivity index (χ1n) is 8.17. The van der Waals surface area contributed by atoms with E-state index in [1.54, 1.807) is 12.1 Å². The first-order valence-corrected chi connectivity index (χ1v) is 9.82. The second kappa shape index (κ2) is 9.09. The van der Waals surface area contributed by atoms with E-state index >= 15 is 0 Å². The Morgan fingerprint density at radius 3 is 2.39 bits per heavy atom. The Balaban J connectivity index is 1.85. The van der Waals surface area contributed by atoms with Gasteiger partial charge in [-0.05, 0) is 25.1 Å². The Morgan fingerprint density at radius 1 is 1.11 bits per heavy atom. The number of benzene rings is 2. The van der Waals surface area contributed by atoms with Gasteiger partial charge in [0, 0.05) is 6.07 Å². The fourth-order valence-corrected chi connectivity index (χ4v) is 3.45. The van der Waals surface area contributed by atoms with Gasteiger partial charge in [0.25, 0.3) is 11.6 Å². The second-order valence-corrected chi connectivity index (χ2v) is 7.97. The molecule has 1 N–H and O–H groups in total. The predicted molar refractivity (Wildman–Crippen MR) is 101 cm³/mol. The number of sulfone groups is 1. The number of anilines is 1. The lowest BCUT2D eigenvalue weighted by molar-refractivity contribution is -0.383. The molecule has 0 bridgehead atoms. The highest BCUT2D eigenvalue weighted by atomic mass is 32.2. The van der Waals surface area contributed by atoms with Crippen LogP contribution in [0.2, 0.25) is 0 Å². The number of carbonyl (C=O) groups is 2. The van der Waals surface area contributed by atoms with Crippen molar-refractivity contribution in [1.29, 1.82) is 0 Å². The molecule has 10 heteroatoms. The molecule has 0 heterocycles. The van der Waals surface area contributed by atoms with Crippen LogP contribution in [0.5, 0.6) is 0 Å². The molecule has 2 rings (SSSR count). The summed E-state index contributed by atoms with van der Waals surface area (Å²) in [6, 6.07) is 11.7. The summed E-state index contributed by atoms with van der Waals surface area (Å²) in [5.41, 5.74) is 0.574. The van der Waals surface area contributed by atoms with Gasteiger partial charge in [0.05, 0.1) is 22.0 Å². The molecule has 28 heavy (non-hydrogen) atoms. The van der Waals surface area contributed by atoms with E-state index in [0.29, 0.717) is 0 Å². The maximum absolute atomic E-state index is 12.2. The first-order chi connectivity index (χ1) is 13.2. The number of nitrogens with zero attached hydrogens (tertiary/aromatic N) is 1. The third-order valence-corrected chi connectivity index (χ3v) is 5.43. The van der Waals surface area contributed by atoms with Gasteiger partial charge in [0.2, 0.25) is 0 Å². The number of aryl methyl sites for hydroxylation is 1. The highest BCUT2D eigenvalue weighted by Gasteiger charge is 2.19. The first kappa shape index (κ1) is 21.0. The standard InChI is InChI=1S/C18H18N2O7S/c1-13-6-8-14(9-7-13)28(25,26)11-10-18(22)27-12-17(21)19-15-4-2-3-5-16(15)20(23)24/h2-9H,10-12H2,1H3,(H,19,21). The Kier molecular flexibility index (Phi) is 6.83. The summed E-state index contributed by atoms with van der Waals surface area (Å²) in [7, 11) is -3.65. The lowest BCUT2D eigenvalue weighted by atomic mass is 10.2. The van der Waals surface area contributed by atoms with Gasteiger partial charge in [-0.25, -0.2) is 8.42 Å². The van der Waals surface area contributed by atoms with Crippen molar-refractivity contribution in [3.05, 3.63) is 64.2 Å². The molecule has 0 radical (unpaired) electrons. The normalized spacial score (nSPS) is 10.9. The summed E-state index contributed by atoms with van der Waals surface area (Å²) in [5.74, 6) is -2.10. The van der Waals surface area contributed by atoms with Gasteiger partial charge in [-0.2, -0.15) is 0 Å². The molecule has 148 valence electrons. The van der Waals surface area contributed by atoms with E-state index in [4.69, 9.17) is 4.74 Å². The molecule has 0 fully saturated rings. The Labute approximate surface area is 161 Å². The topological polar surface area (TPSA) is 133 Å². The summed E-state index contributed by atoms with van der Waals surface area (Å²) >= 11 is 0. The van der Waals surface area contributed by atoms with E-state index in [9.17, 15) is 28.1 Å². The number of hydrogen-bond donors (Lipinski definition) is 1. The minimum atomic E-state index is -3.65. The average molecular weight is 406 g/mol. The fourth-order valence-electron chi connectivity index (χ4n) is 2.22. The molecule has 2 aromatic carbocycles. The van der Waals surface area contributed by atoms with E-state index in [0.717, 1.165) is 5.56 Å². The quantitative estimate of drug-likeness (QED) is 0.404. The van der Waals surface area contributed by atoms with E-state index in [-0.39, 0.29) is 16.3 Å². The molecule has 1 amide bonds. The van der Waals surface area contributed by atoms with Crippen LogP contribution in [-0.4, -0.2) is 37.6 Å². The third kappa shape index (κ3) is 5.88. The molecule has 0 atom stereocenters. The number of hydrogen-bond acceptors (Lipinski definition) is 7. The molecule has 0 aromatic heterocycles. The van der Waals surface area contributed by atoms with Crippen LogP contribution in [0, 0.1) is 17.0 Å². The number of nitro groups is 1. The van der Waals surface area contributed by atoms with Crippen LogP contribution in [-0.2, 0) is 24.2 Å². The van der Waals surface area contributed by atoms with Crippen molar-refractivity contribution in [2.75, 3.05) is 17.7 Å². The molecule has 0 unspecified atom stereocenters. The number of para-hydroxylation sites is 2. The minimum absolute atomic E-state index is 0.0319. The number of nitro benzene ring substituents is 1. The Hall–Kier alpha value is -3.27. The van der Waals surface area contributed by atoms with Gasteiger partial charge in [-0.1, -0.05) is 29.8 Å². The monoisotopic (exact) mass is 406 g/mol. The summed E-state index contributed by atoms with van der Waals surface area (Å²) in [5, 5.41) is 13.2. The molecule has 2 aromatic rings. The molecular weight excluding hydrogens is 388 g/mol. The zero-order valence-electron chi connectivity index (χ0n) is 15.0. The largest absolute Gasteiger partial charge is 0.456 e. The number of carbonyl (C=O) groups excluding carboxylic acids is 2. The number of amides is 1. The van der Waals surface area contributed by atoms with E-state index in [2.05, 4.69) is 5.32 Å².